The first-order valence-electron chi connectivity index (χ1n) is 6.29. The second kappa shape index (κ2) is 6.44. The van der Waals surface area contributed by atoms with Crippen molar-refractivity contribution in [2.75, 3.05) is 5.32 Å². The second-order valence-corrected chi connectivity index (χ2v) is 6.15. The fourth-order valence-corrected chi connectivity index (χ4v) is 2.82. The number of carbonyl (C=O) groups is 1. The van der Waals surface area contributed by atoms with E-state index < -0.39 is 0 Å². The number of halogens is 2. The number of hydrogen-bond donors (Lipinski definition) is 1. The molecule has 4 nitrogen and oxygen atoms in total. The van der Waals surface area contributed by atoms with Gasteiger partial charge in [0.05, 0.1) is 10.0 Å². The summed E-state index contributed by atoms with van der Waals surface area (Å²) >= 11 is 13.0. The summed E-state index contributed by atoms with van der Waals surface area (Å²) in [6, 6.07) is 14.3. The minimum Gasteiger partial charge on any atom is -0.296 e. The molecule has 7 heteroatoms. The maximum Gasteiger partial charge on any atom is 0.257 e. The lowest BCUT2D eigenvalue weighted by molar-refractivity contribution is 0.102. The lowest BCUT2D eigenvalue weighted by atomic mass is 10.2. The summed E-state index contributed by atoms with van der Waals surface area (Å²) < 4.78 is 0. The van der Waals surface area contributed by atoms with Gasteiger partial charge in [-0.2, -0.15) is 0 Å². The van der Waals surface area contributed by atoms with Crippen molar-refractivity contribution in [2.45, 2.75) is 0 Å². The van der Waals surface area contributed by atoms with Crippen LogP contribution in [0.1, 0.15) is 10.4 Å². The molecule has 0 bridgehead atoms. The molecule has 3 rings (SSSR count). The highest BCUT2D eigenvalue weighted by atomic mass is 35.5. The van der Waals surface area contributed by atoms with E-state index >= 15 is 0 Å². The Balaban J connectivity index is 1.77. The third-order valence-electron chi connectivity index (χ3n) is 2.85. The highest BCUT2D eigenvalue weighted by Gasteiger charge is 2.12. The van der Waals surface area contributed by atoms with Gasteiger partial charge in [-0.05, 0) is 18.2 Å². The molecule has 1 amide bonds. The first-order valence-corrected chi connectivity index (χ1v) is 7.86. The average molecular weight is 350 g/mol. The molecule has 3 aromatic rings. The van der Waals surface area contributed by atoms with Crippen LogP contribution in [0.5, 0.6) is 0 Å². The van der Waals surface area contributed by atoms with E-state index in [0.717, 1.165) is 10.6 Å². The van der Waals surface area contributed by atoms with Crippen LogP contribution in [0, 0.1) is 0 Å². The van der Waals surface area contributed by atoms with E-state index in [1.54, 1.807) is 12.1 Å². The normalized spacial score (nSPS) is 10.5. The van der Waals surface area contributed by atoms with E-state index in [0.29, 0.717) is 20.7 Å². The average Bonchev–Trinajstić information content (AvgIpc) is 2.99. The largest absolute Gasteiger partial charge is 0.296 e. The number of amides is 1. The van der Waals surface area contributed by atoms with Crippen LogP contribution in [0.3, 0.4) is 0 Å². The third kappa shape index (κ3) is 3.27. The summed E-state index contributed by atoms with van der Waals surface area (Å²) in [5, 5.41) is 12.6. The molecule has 0 saturated heterocycles. The van der Waals surface area contributed by atoms with Crippen molar-refractivity contribution >= 4 is 45.6 Å². The smallest absolute Gasteiger partial charge is 0.257 e. The lowest BCUT2D eigenvalue weighted by Crippen LogP contribution is -2.11. The predicted molar refractivity (Wildman–Crippen MR) is 89.8 cm³/mol. The van der Waals surface area contributed by atoms with Gasteiger partial charge in [-0.3, -0.25) is 10.1 Å². The van der Waals surface area contributed by atoms with Gasteiger partial charge in [0.2, 0.25) is 5.13 Å². The summed E-state index contributed by atoms with van der Waals surface area (Å²) in [5.74, 6) is -0.311. The molecule has 0 aliphatic carbocycles. The lowest BCUT2D eigenvalue weighted by Gasteiger charge is -2.02. The van der Waals surface area contributed by atoms with Gasteiger partial charge in [-0.15, -0.1) is 10.2 Å². The van der Waals surface area contributed by atoms with E-state index in [9.17, 15) is 4.79 Å². The molecule has 0 fully saturated rings. The van der Waals surface area contributed by atoms with Crippen molar-refractivity contribution in [3.8, 4) is 10.6 Å². The molecule has 0 aliphatic heterocycles. The molecule has 0 unspecified atom stereocenters. The minimum absolute atomic E-state index is 0.311. The Morgan fingerprint density at radius 1 is 1.00 bits per heavy atom. The van der Waals surface area contributed by atoms with Crippen LogP contribution < -0.4 is 5.32 Å². The molecule has 22 heavy (non-hydrogen) atoms. The summed E-state index contributed by atoms with van der Waals surface area (Å²) in [6.07, 6.45) is 0. The number of rotatable bonds is 3. The third-order valence-corrected chi connectivity index (χ3v) is 4.47. The maximum atomic E-state index is 12.1. The predicted octanol–water partition coefficient (Wildman–Crippen LogP) is 4.76. The Morgan fingerprint density at radius 2 is 1.77 bits per heavy atom. The zero-order chi connectivity index (χ0) is 15.5. The molecule has 1 N–H and O–H groups in total. The Labute approximate surface area is 140 Å². The molecular weight excluding hydrogens is 341 g/mol. The van der Waals surface area contributed by atoms with Gasteiger partial charge in [0.1, 0.15) is 5.01 Å². The number of nitrogens with zero attached hydrogens (tertiary/aromatic N) is 2. The zero-order valence-electron chi connectivity index (χ0n) is 11.1. The van der Waals surface area contributed by atoms with Crippen LogP contribution in [0.15, 0.2) is 48.5 Å². The second-order valence-electron chi connectivity index (χ2n) is 4.36. The summed E-state index contributed by atoms with van der Waals surface area (Å²) in [5.41, 5.74) is 1.36. The zero-order valence-corrected chi connectivity index (χ0v) is 13.4. The standard InChI is InChI=1S/C15H9Cl2N3OS/c16-11-7-6-10(8-12(11)17)13(21)18-15-20-19-14(22-15)9-4-2-1-3-5-9/h1-8H,(H,18,20,21). The Morgan fingerprint density at radius 3 is 2.50 bits per heavy atom. The summed E-state index contributed by atoms with van der Waals surface area (Å²) in [6.45, 7) is 0. The van der Waals surface area contributed by atoms with Gasteiger partial charge >= 0.3 is 0 Å². The van der Waals surface area contributed by atoms with Crippen molar-refractivity contribution in [3.63, 3.8) is 0 Å². The fourth-order valence-electron chi connectivity index (χ4n) is 1.78. The van der Waals surface area contributed by atoms with Gasteiger partial charge < -0.3 is 0 Å². The Kier molecular flexibility index (Phi) is 4.38. The van der Waals surface area contributed by atoms with Gasteiger partial charge in [-0.25, -0.2) is 0 Å². The molecule has 2 aromatic carbocycles. The molecule has 0 saturated carbocycles. The van der Waals surface area contributed by atoms with Crippen molar-refractivity contribution in [3.05, 3.63) is 64.1 Å². The van der Waals surface area contributed by atoms with Crippen molar-refractivity contribution in [1.29, 1.82) is 0 Å². The van der Waals surface area contributed by atoms with E-state index in [4.69, 9.17) is 23.2 Å². The highest BCUT2D eigenvalue weighted by Crippen LogP contribution is 2.27. The van der Waals surface area contributed by atoms with Crippen LogP contribution in [0.2, 0.25) is 10.0 Å². The van der Waals surface area contributed by atoms with Crippen LogP contribution in [-0.4, -0.2) is 16.1 Å². The van der Waals surface area contributed by atoms with Crippen molar-refractivity contribution in [2.24, 2.45) is 0 Å². The molecule has 1 aromatic heterocycles. The highest BCUT2D eigenvalue weighted by molar-refractivity contribution is 7.18. The summed E-state index contributed by atoms with van der Waals surface area (Å²) in [7, 11) is 0. The molecule has 0 spiro atoms. The van der Waals surface area contributed by atoms with E-state index in [-0.39, 0.29) is 5.91 Å². The first kappa shape index (κ1) is 15.0. The topological polar surface area (TPSA) is 54.9 Å². The van der Waals surface area contributed by atoms with E-state index in [1.165, 1.54) is 17.4 Å². The number of anilines is 1. The minimum atomic E-state index is -0.311. The monoisotopic (exact) mass is 349 g/mol. The molecule has 1 heterocycles. The molecule has 0 aliphatic rings. The quantitative estimate of drug-likeness (QED) is 0.741. The van der Waals surface area contributed by atoms with Crippen LogP contribution in [0.4, 0.5) is 5.13 Å². The van der Waals surface area contributed by atoms with E-state index in [2.05, 4.69) is 15.5 Å². The number of hydrogen-bond acceptors (Lipinski definition) is 4. The van der Waals surface area contributed by atoms with Gasteiger partial charge in [0.15, 0.2) is 0 Å². The van der Waals surface area contributed by atoms with Gasteiger partial charge in [0.25, 0.3) is 5.91 Å². The fraction of sp³-hybridized carbons (Fsp3) is 0. The SMILES string of the molecule is O=C(Nc1nnc(-c2ccccc2)s1)c1ccc(Cl)c(Cl)c1. The first-order chi connectivity index (χ1) is 10.6. The number of aromatic nitrogens is 2. The van der Waals surface area contributed by atoms with Crippen LogP contribution >= 0.6 is 34.5 Å². The molecular formula is C15H9Cl2N3OS. The van der Waals surface area contributed by atoms with Crippen LogP contribution in [0.25, 0.3) is 10.6 Å². The molecule has 0 atom stereocenters. The van der Waals surface area contributed by atoms with Gasteiger partial charge in [-0.1, -0.05) is 64.9 Å². The number of benzene rings is 2. The molecule has 0 radical (unpaired) electrons. The summed E-state index contributed by atoms with van der Waals surface area (Å²) in [4.78, 5) is 12.1. The number of nitrogens with one attached hydrogen (secondary N) is 1. The van der Waals surface area contributed by atoms with Crippen molar-refractivity contribution in [1.82, 2.24) is 10.2 Å². The van der Waals surface area contributed by atoms with E-state index in [1.807, 2.05) is 30.3 Å². The van der Waals surface area contributed by atoms with Gasteiger partial charge in [0, 0.05) is 11.1 Å². The molecule has 110 valence electrons. The Bertz CT molecular complexity index is 821. The van der Waals surface area contributed by atoms with Crippen molar-refractivity contribution < 1.29 is 4.79 Å². The Hall–Kier alpha value is -1.95. The maximum absolute atomic E-state index is 12.1. The number of carbonyl (C=O) groups excluding carboxylic acids is 1. The van der Waals surface area contributed by atoms with Crippen LogP contribution in [-0.2, 0) is 0 Å².